The van der Waals surface area contributed by atoms with Crippen LogP contribution in [0.15, 0.2) is 108 Å². The number of unbranched alkanes of at least 4 members (excludes halogenated alkanes) is 10. The molecule has 3 aliphatic rings. The molecule has 0 unspecified atom stereocenters. The number of benzene rings is 4. The van der Waals surface area contributed by atoms with Crippen LogP contribution in [0.3, 0.4) is 0 Å². The average molecular weight is 1000 g/mol. The van der Waals surface area contributed by atoms with Crippen molar-refractivity contribution in [3.05, 3.63) is 114 Å². The normalized spacial score (nSPS) is 21.3. The fraction of sp³-hybridized carbons (Fsp3) is 0.517. The summed E-state index contributed by atoms with van der Waals surface area (Å²) in [5.41, 5.74) is 3.90. The Hall–Kier alpha value is -5.89. The van der Waals surface area contributed by atoms with Crippen molar-refractivity contribution in [2.45, 2.75) is 140 Å². The standard InChI is InChI=1S/C60H79N3O10/c1-6-8-9-10-11-12-13-14-15-29-56(66)63(41-44-26-22-25-42-23-16-17-27-47(42)44)55-40-52(62-70-5)49-37-43(24-18-20-34-64)48(28-19-21-35-65)57-50-38-46(31-33-53(50)73-60(55,58(49)57)71-36-7-2)72-59(67)61-51-32-30-45(68-3)39-54(51)69-4/h7,16-17,22-23,25-27,30-33,37-39,43,48,55,57-58,64-65H,2,6,8-15,18-21,24,28-29,34-36,40-41H2,1,3-5H3,(H,61,67)/t43-,48+,55-,57+,58+,60+/m0/s1. The molecule has 1 aliphatic heterocycles. The molecule has 4 aromatic carbocycles. The molecule has 1 saturated carbocycles. The SMILES string of the molecule is C=CCO[C@@]12Oc3ccc(OC(=O)Nc4ccc(OC)cc4OC)cc3[C@H]3[C@H](CCCCO)[C@@H](CCCCO)C=C(C(=NOC)C[C@@H]1N(Cc1cccc4ccccc14)C(=O)CCCCCCCCCCC)[C@H]32. The van der Waals surface area contributed by atoms with Crippen LogP contribution in [-0.4, -0.2) is 85.8 Å². The van der Waals surface area contributed by atoms with Gasteiger partial charge in [0.25, 0.3) is 0 Å². The van der Waals surface area contributed by atoms with E-state index in [1.54, 1.807) is 44.6 Å². The highest BCUT2D eigenvalue weighted by Gasteiger charge is 2.65. The molecule has 0 radical (unpaired) electrons. The first-order valence-electron chi connectivity index (χ1n) is 26.8. The molecule has 0 spiro atoms. The van der Waals surface area contributed by atoms with E-state index >= 15 is 4.79 Å². The lowest BCUT2D eigenvalue weighted by Crippen LogP contribution is -2.70. The zero-order valence-electron chi connectivity index (χ0n) is 43.7. The van der Waals surface area contributed by atoms with E-state index in [9.17, 15) is 15.0 Å². The number of hydrogen-bond acceptors (Lipinski definition) is 11. The summed E-state index contributed by atoms with van der Waals surface area (Å²) in [6.07, 6.45) is 18.6. The molecule has 0 saturated heterocycles. The number of ether oxygens (including phenoxy) is 5. The van der Waals surface area contributed by atoms with Crippen molar-refractivity contribution in [3.8, 4) is 23.0 Å². The number of fused-ring (bicyclic) bond motifs is 3. The van der Waals surface area contributed by atoms with Crippen LogP contribution in [0.5, 0.6) is 23.0 Å². The topological polar surface area (TPSA) is 158 Å². The van der Waals surface area contributed by atoms with E-state index in [4.69, 9.17) is 33.7 Å². The fourth-order valence-electron chi connectivity index (χ4n) is 11.7. The van der Waals surface area contributed by atoms with E-state index in [0.717, 1.165) is 78.8 Å². The number of oxime groups is 1. The van der Waals surface area contributed by atoms with Gasteiger partial charge >= 0.3 is 6.09 Å². The van der Waals surface area contributed by atoms with Crippen molar-refractivity contribution in [2.75, 3.05) is 46.5 Å². The summed E-state index contributed by atoms with van der Waals surface area (Å²) in [4.78, 5) is 36.9. The Kier molecular flexibility index (Phi) is 20.6. The van der Waals surface area contributed by atoms with E-state index in [0.29, 0.717) is 66.6 Å². The number of nitrogens with zero attached hydrogens (tertiary/aromatic N) is 2. The minimum Gasteiger partial charge on any atom is -0.497 e. The van der Waals surface area contributed by atoms with Crippen molar-refractivity contribution in [2.24, 2.45) is 22.9 Å². The van der Waals surface area contributed by atoms with Crippen molar-refractivity contribution < 1.29 is 48.3 Å². The van der Waals surface area contributed by atoms with Gasteiger partial charge in [0.15, 0.2) is 0 Å². The number of aliphatic hydroxyl groups is 2. The van der Waals surface area contributed by atoms with Gasteiger partial charge in [0.05, 0.1) is 38.1 Å². The number of carbonyl (C=O) groups excluding carboxylic acids is 2. The minimum absolute atomic E-state index is 0.0121. The number of aliphatic hydroxyl groups excluding tert-OH is 2. The van der Waals surface area contributed by atoms with Gasteiger partial charge in [-0.05, 0) is 96.2 Å². The number of hydrogen-bond donors (Lipinski definition) is 3. The molecule has 0 bridgehead atoms. The first-order valence-corrected chi connectivity index (χ1v) is 26.8. The van der Waals surface area contributed by atoms with Gasteiger partial charge in [-0.3, -0.25) is 10.1 Å². The van der Waals surface area contributed by atoms with Gasteiger partial charge in [-0.2, -0.15) is 0 Å². The maximum absolute atomic E-state index is 15.4. The summed E-state index contributed by atoms with van der Waals surface area (Å²) in [6.45, 7) is 6.94. The van der Waals surface area contributed by atoms with Gasteiger partial charge < -0.3 is 43.6 Å². The van der Waals surface area contributed by atoms with Crippen molar-refractivity contribution in [1.29, 1.82) is 0 Å². The van der Waals surface area contributed by atoms with Gasteiger partial charge in [0.2, 0.25) is 11.7 Å². The smallest absolute Gasteiger partial charge is 0.417 e. The first kappa shape index (κ1) is 54.9. The summed E-state index contributed by atoms with van der Waals surface area (Å²) in [5, 5.41) is 29.9. The van der Waals surface area contributed by atoms with E-state index in [1.165, 1.54) is 39.2 Å². The Morgan fingerprint density at radius 2 is 1.56 bits per heavy atom. The number of anilines is 1. The van der Waals surface area contributed by atoms with Crippen LogP contribution >= 0.6 is 0 Å². The Morgan fingerprint density at radius 1 is 0.836 bits per heavy atom. The Labute approximate surface area is 432 Å². The van der Waals surface area contributed by atoms with Crippen LogP contribution in [-0.2, 0) is 20.9 Å². The number of rotatable bonds is 29. The van der Waals surface area contributed by atoms with E-state index < -0.39 is 23.8 Å². The molecule has 73 heavy (non-hydrogen) atoms. The highest BCUT2D eigenvalue weighted by molar-refractivity contribution is 6.03. The molecule has 7 rings (SSSR count). The van der Waals surface area contributed by atoms with E-state index in [-0.39, 0.29) is 43.5 Å². The fourth-order valence-corrected chi connectivity index (χ4v) is 11.7. The molecule has 0 aromatic heterocycles. The lowest BCUT2D eigenvalue weighted by Gasteiger charge is -2.60. The van der Waals surface area contributed by atoms with Crippen LogP contribution in [0.4, 0.5) is 10.5 Å². The second-order valence-electron chi connectivity index (χ2n) is 19.8. The van der Waals surface area contributed by atoms with Crippen molar-refractivity contribution in [1.82, 2.24) is 4.90 Å². The average Bonchev–Trinajstić information content (AvgIpc) is 3.40. The second kappa shape index (κ2) is 27.4. The van der Waals surface area contributed by atoms with Crippen molar-refractivity contribution >= 4 is 34.2 Å². The second-order valence-corrected chi connectivity index (χ2v) is 19.8. The maximum atomic E-state index is 15.4. The lowest BCUT2D eigenvalue weighted by molar-refractivity contribution is -0.258. The summed E-state index contributed by atoms with van der Waals surface area (Å²) < 4.78 is 31.7. The zero-order chi connectivity index (χ0) is 51.6. The van der Waals surface area contributed by atoms with Gasteiger partial charge in [0.1, 0.15) is 36.1 Å². The highest BCUT2D eigenvalue weighted by Crippen LogP contribution is 2.62. The molecule has 13 nitrogen and oxygen atoms in total. The summed E-state index contributed by atoms with van der Waals surface area (Å²) in [6, 6.07) is 24.4. The van der Waals surface area contributed by atoms with Crippen molar-refractivity contribution in [3.63, 3.8) is 0 Å². The molecule has 394 valence electrons. The predicted octanol–water partition coefficient (Wildman–Crippen LogP) is 12.7. The van der Waals surface area contributed by atoms with Crippen LogP contribution < -0.4 is 24.3 Å². The number of methoxy groups -OCH3 is 2. The first-order chi connectivity index (χ1) is 35.7. The van der Waals surface area contributed by atoms with Crippen LogP contribution in [0.1, 0.15) is 133 Å². The third-order valence-electron chi connectivity index (χ3n) is 15.1. The van der Waals surface area contributed by atoms with Crippen LogP contribution in [0.2, 0.25) is 0 Å². The van der Waals surface area contributed by atoms with Gasteiger partial charge in [0, 0.05) is 50.1 Å². The molecule has 1 heterocycles. The van der Waals surface area contributed by atoms with E-state index in [1.807, 2.05) is 29.2 Å². The molecule has 1 fully saturated rings. The molecule has 2 amide bonds. The lowest BCUT2D eigenvalue weighted by atomic mass is 9.55. The van der Waals surface area contributed by atoms with Gasteiger partial charge in [-0.1, -0.05) is 131 Å². The number of nitrogens with one attached hydrogen (secondary N) is 1. The predicted molar refractivity (Wildman–Crippen MR) is 288 cm³/mol. The molecule has 3 N–H and O–H groups in total. The molecule has 13 heteroatoms. The Balaban J connectivity index is 1.35. The number of amides is 2. The monoisotopic (exact) mass is 1000 g/mol. The van der Waals surface area contributed by atoms with Crippen LogP contribution in [0.25, 0.3) is 10.8 Å². The molecular weight excluding hydrogens is 923 g/mol. The highest BCUT2D eigenvalue weighted by atomic mass is 16.7. The Bertz CT molecular complexity index is 2500. The Morgan fingerprint density at radius 3 is 2.29 bits per heavy atom. The number of allylic oxidation sites excluding steroid dienone is 1. The molecule has 6 atom stereocenters. The van der Waals surface area contributed by atoms with Gasteiger partial charge in [-0.15, -0.1) is 6.58 Å². The van der Waals surface area contributed by atoms with Gasteiger partial charge in [-0.25, -0.2) is 4.79 Å². The van der Waals surface area contributed by atoms with E-state index in [2.05, 4.69) is 55.2 Å². The quantitative estimate of drug-likeness (QED) is 0.0272. The summed E-state index contributed by atoms with van der Waals surface area (Å²) >= 11 is 0. The summed E-state index contributed by atoms with van der Waals surface area (Å²) in [5.74, 6) is -0.408. The van der Waals surface area contributed by atoms with Crippen LogP contribution in [0, 0.1) is 17.8 Å². The third-order valence-corrected chi connectivity index (χ3v) is 15.1. The molecule has 4 aromatic rings. The minimum atomic E-state index is -1.45. The maximum Gasteiger partial charge on any atom is 0.417 e. The summed E-state index contributed by atoms with van der Waals surface area (Å²) in [7, 11) is 4.63. The zero-order valence-corrected chi connectivity index (χ0v) is 43.7. The third kappa shape index (κ3) is 13.3. The largest absolute Gasteiger partial charge is 0.497 e. The number of carbonyl (C=O) groups is 2. The molecular formula is C60H79N3O10. The molecule has 2 aliphatic carbocycles.